The molecule has 278 valence electrons. The van der Waals surface area contributed by atoms with Crippen molar-refractivity contribution in [1.82, 2.24) is 0 Å². The quantitative estimate of drug-likeness (QED) is 0.133. The van der Waals surface area contributed by atoms with E-state index in [0.717, 1.165) is 74.3 Å². The molecule has 0 bridgehead atoms. The standard InChI is InChI=1S/C53H46N4/c1-36(2)40-19-25-43(26-20-40)57(42-23-17-39(35-55)18-24-42)52-33-50-46-11-7-6-8-13-48(46)51(28-27-47(50)45-12-9-10-14-49(45)52)56(41-21-15-38(34-54)16-22-41)44-29-31-53(5,32-30-44)37(3)4/h6,8-19,21-26,29-31,33,36-37,40,51H,20,32H2,1-5H3. The molecule has 3 atom stereocenters. The van der Waals surface area contributed by atoms with Gasteiger partial charge in [0.1, 0.15) is 6.04 Å². The highest BCUT2D eigenvalue weighted by atomic mass is 15.2. The maximum absolute atomic E-state index is 9.69. The molecule has 0 fully saturated rings. The van der Waals surface area contributed by atoms with Gasteiger partial charge in [0.15, 0.2) is 0 Å². The molecule has 3 unspecified atom stereocenters. The lowest BCUT2D eigenvalue weighted by Crippen LogP contribution is -2.36. The first-order valence-corrected chi connectivity index (χ1v) is 20.0. The maximum atomic E-state index is 9.69. The van der Waals surface area contributed by atoms with Crippen LogP contribution in [0.5, 0.6) is 0 Å². The molecular formula is C53H46N4. The fraction of sp³-hybridized carbons (Fsp3) is 0.226. The minimum atomic E-state index is -0.353. The molecule has 0 saturated carbocycles. The number of benzene rings is 4. The summed E-state index contributed by atoms with van der Waals surface area (Å²) in [6.45, 7) is 11.5. The summed E-state index contributed by atoms with van der Waals surface area (Å²) in [6.07, 6.45) is 24.1. The Balaban J connectivity index is 1.36. The van der Waals surface area contributed by atoms with E-state index in [1.807, 2.05) is 54.6 Å². The third kappa shape index (κ3) is 7.01. The molecule has 0 N–H and O–H groups in total. The topological polar surface area (TPSA) is 54.1 Å². The average molecular weight is 739 g/mol. The van der Waals surface area contributed by atoms with Gasteiger partial charge in [0.05, 0.1) is 29.0 Å². The largest absolute Gasteiger partial charge is 0.323 e. The number of nitriles is 2. The molecule has 4 nitrogen and oxygen atoms in total. The van der Waals surface area contributed by atoms with Gasteiger partial charge in [0.2, 0.25) is 0 Å². The van der Waals surface area contributed by atoms with Crippen LogP contribution in [0.1, 0.15) is 69.7 Å². The lowest BCUT2D eigenvalue weighted by atomic mass is 9.74. The number of rotatable bonds is 8. The second kappa shape index (κ2) is 15.4. The highest BCUT2D eigenvalue weighted by molar-refractivity contribution is 6.05. The van der Waals surface area contributed by atoms with E-state index >= 15 is 0 Å². The van der Waals surface area contributed by atoms with Gasteiger partial charge >= 0.3 is 0 Å². The van der Waals surface area contributed by atoms with Crippen LogP contribution >= 0.6 is 0 Å². The number of anilines is 3. The Hall–Kier alpha value is -6.76. The third-order valence-corrected chi connectivity index (χ3v) is 12.2. The van der Waals surface area contributed by atoms with Gasteiger partial charge in [-0.1, -0.05) is 107 Å². The van der Waals surface area contributed by atoms with Gasteiger partial charge in [-0.25, -0.2) is 0 Å². The molecule has 4 aliphatic carbocycles. The second-order valence-electron chi connectivity index (χ2n) is 16.2. The Labute approximate surface area is 337 Å². The van der Waals surface area contributed by atoms with Crippen molar-refractivity contribution in [1.29, 1.82) is 10.5 Å². The molecule has 57 heavy (non-hydrogen) atoms. The third-order valence-electron chi connectivity index (χ3n) is 12.2. The molecule has 0 spiro atoms. The zero-order valence-electron chi connectivity index (χ0n) is 33.3. The molecule has 0 amide bonds. The summed E-state index contributed by atoms with van der Waals surface area (Å²) in [7, 11) is 0. The molecule has 8 rings (SSSR count). The normalized spacial score (nSPS) is 20.4. The van der Waals surface area contributed by atoms with E-state index in [4.69, 9.17) is 0 Å². The first kappa shape index (κ1) is 37.2. The summed E-state index contributed by atoms with van der Waals surface area (Å²) >= 11 is 0. The second-order valence-corrected chi connectivity index (χ2v) is 16.2. The van der Waals surface area contributed by atoms with E-state index in [-0.39, 0.29) is 11.5 Å². The number of nitrogens with zero attached hydrogens (tertiary/aromatic N) is 4. The zero-order chi connectivity index (χ0) is 39.7. The van der Waals surface area contributed by atoms with Crippen molar-refractivity contribution in [2.75, 3.05) is 9.80 Å². The van der Waals surface area contributed by atoms with Crippen LogP contribution in [0.3, 0.4) is 0 Å². The van der Waals surface area contributed by atoms with E-state index < -0.39 is 0 Å². The summed E-state index contributed by atoms with van der Waals surface area (Å²) in [5.74, 6) is 9.05. The SMILES string of the molecule is CC(C)C1C=CC(N(c2ccc(C#N)cc2)c2cc3c(c4ccccc24)C#CC(N(C2=CCC(C)(C(C)C)C=C2)c2ccc(C#N)cc2)C2=C3C=C=CC=C2)=CC1. The van der Waals surface area contributed by atoms with Gasteiger partial charge in [-0.15, -0.1) is 5.73 Å². The van der Waals surface area contributed by atoms with Crippen molar-refractivity contribution in [3.63, 3.8) is 0 Å². The highest BCUT2D eigenvalue weighted by Crippen LogP contribution is 2.45. The fourth-order valence-corrected chi connectivity index (χ4v) is 8.18. The van der Waals surface area contributed by atoms with E-state index in [9.17, 15) is 10.5 Å². The van der Waals surface area contributed by atoms with Crippen molar-refractivity contribution in [2.45, 2.75) is 53.5 Å². The lowest BCUT2D eigenvalue weighted by molar-refractivity contribution is 0.298. The number of allylic oxidation sites excluding steroid dienone is 9. The van der Waals surface area contributed by atoms with Crippen LogP contribution in [0.25, 0.3) is 16.3 Å². The van der Waals surface area contributed by atoms with Crippen LogP contribution in [0.4, 0.5) is 17.1 Å². The molecular weight excluding hydrogens is 693 g/mol. The summed E-state index contributed by atoms with van der Waals surface area (Å²) in [5.41, 5.74) is 14.1. The molecule has 4 heteroatoms. The Morgan fingerprint density at radius 1 is 0.807 bits per heavy atom. The van der Waals surface area contributed by atoms with E-state index in [2.05, 4.69) is 159 Å². The van der Waals surface area contributed by atoms with Gasteiger partial charge in [0.25, 0.3) is 0 Å². The van der Waals surface area contributed by atoms with Crippen molar-refractivity contribution in [3.05, 3.63) is 185 Å². The lowest BCUT2D eigenvalue weighted by Gasteiger charge is -2.38. The van der Waals surface area contributed by atoms with Crippen LogP contribution < -0.4 is 9.80 Å². The summed E-state index contributed by atoms with van der Waals surface area (Å²) in [4.78, 5) is 4.68. The predicted octanol–water partition coefficient (Wildman–Crippen LogP) is 12.6. The summed E-state index contributed by atoms with van der Waals surface area (Å²) < 4.78 is 0. The molecule has 0 saturated heterocycles. The van der Waals surface area contributed by atoms with Gasteiger partial charge in [-0.05, 0) is 126 Å². The highest BCUT2D eigenvalue weighted by Gasteiger charge is 2.33. The average Bonchev–Trinajstić information content (AvgIpc) is 3.57. The van der Waals surface area contributed by atoms with Gasteiger partial charge in [-0.3, -0.25) is 0 Å². The monoisotopic (exact) mass is 738 g/mol. The van der Waals surface area contributed by atoms with Crippen LogP contribution in [0.15, 0.2) is 162 Å². The van der Waals surface area contributed by atoms with Crippen molar-refractivity contribution in [2.24, 2.45) is 23.2 Å². The van der Waals surface area contributed by atoms with Crippen LogP contribution in [-0.2, 0) is 0 Å². The molecule has 0 radical (unpaired) electrons. The molecule has 0 heterocycles. The van der Waals surface area contributed by atoms with Gasteiger partial charge in [-0.2, -0.15) is 10.5 Å². The molecule has 4 aliphatic rings. The minimum Gasteiger partial charge on any atom is -0.323 e. The van der Waals surface area contributed by atoms with Crippen molar-refractivity contribution >= 4 is 33.4 Å². The van der Waals surface area contributed by atoms with Crippen molar-refractivity contribution < 1.29 is 0 Å². The summed E-state index contributed by atoms with van der Waals surface area (Å²) in [5, 5.41) is 21.5. The van der Waals surface area contributed by atoms with E-state index in [1.54, 1.807) is 0 Å². The first-order valence-electron chi connectivity index (χ1n) is 20.0. The Morgan fingerprint density at radius 2 is 1.51 bits per heavy atom. The van der Waals surface area contributed by atoms with Crippen molar-refractivity contribution in [3.8, 4) is 24.0 Å². The Kier molecular flexibility index (Phi) is 10.0. The van der Waals surface area contributed by atoms with Gasteiger partial charge < -0.3 is 9.80 Å². The Bertz CT molecular complexity index is 2660. The fourth-order valence-electron chi connectivity index (χ4n) is 8.18. The van der Waals surface area contributed by atoms with Crippen LogP contribution in [0, 0.1) is 57.7 Å². The molecule has 0 aliphatic heterocycles. The van der Waals surface area contributed by atoms with Crippen LogP contribution in [0.2, 0.25) is 0 Å². The molecule has 4 aromatic rings. The Morgan fingerprint density at radius 3 is 2.12 bits per heavy atom. The summed E-state index contributed by atoms with van der Waals surface area (Å²) in [6, 6.07) is 30.9. The zero-order valence-corrected chi connectivity index (χ0v) is 33.3. The van der Waals surface area contributed by atoms with Crippen LogP contribution in [-0.4, -0.2) is 6.04 Å². The number of hydrogen-bond acceptors (Lipinski definition) is 4. The van der Waals surface area contributed by atoms with E-state index in [0.29, 0.717) is 28.9 Å². The number of fused-ring (bicyclic) bond motifs is 4. The first-order chi connectivity index (χ1) is 27.7. The maximum Gasteiger partial charge on any atom is 0.121 e. The molecule has 4 aromatic carbocycles. The number of hydrogen-bond donors (Lipinski definition) is 0. The van der Waals surface area contributed by atoms with Gasteiger partial charge in [0, 0.05) is 44.7 Å². The minimum absolute atomic E-state index is 0.0549. The smallest absolute Gasteiger partial charge is 0.121 e. The predicted molar refractivity (Wildman–Crippen MR) is 235 cm³/mol. The van der Waals surface area contributed by atoms with E-state index in [1.165, 1.54) is 0 Å². The molecule has 0 aromatic heterocycles.